The molecule has 0 saturated heterocycles. The number of hydrogen-bond donors (Lipinski definition) is 0. The molecule has 0 amide bonds. The minimum Gasteiger partial charge on any atom is -0.298 e. The largest absolute Gasteiger partial charge is 0.298 e. The molecule has 1 atom stereocenters. The normalized spacial score (nSPS) is 17.6. The van der Waals surface area contributed by atoms with E-state index in [0.717, 1.165) is 18.4 Å². The smallest absolute Gasteiger partial charge is 0.150 e. The number of benzene rings is 1. The lowest BCUT2D eigenvalue weighted by molar-refractivity contribution is -0.122. The monoisotopic (exact) mass is 255 g/mol. The van der Waals surface area contributed by atoms with Gasteiger partial charge in [-0.1, -0.05) is 62.4 Å². The van der Waals surface area contributed by atoms with Gasteiger partial charge in [-0.15, -0.1) is 0 Å². The molecule has 1 unspecified atom stereocenters. The number of hydrogen-bond acceptors (Lipinski definition) is 2. The maximum Gasteiger partial charge on any atom is 0.150 e. The van der Waals surface area contributed by atoms with E-state index in [-0.39, 0.29) is 5.78 Å². The van der Waals surface area contributed by atoms with Gasteiger partial charge in [-0.3, -0.25) is 4.79 Å². The summed E-state index contributed by atoms with van der Waals surface area (Å²) in [6.45, 7) is 0. The third-order valence-electron chi connectivity index (χ3n) is 4.04. The zero-order valence-electron chi connectivity index (χ0n) is 11.3. The third kappa shape index (κ3) is 4.21. The standard InChI is InChI=1S/C17H21NO/c18-13-16(11-14-7-3-1-4-8-14)17(19)12-15-9-5-2-6-10-15/h1,3-4,7-8,15-16H,2,5-6,9-12H2. The van der Waals surface area contributed by atoms with E-state index in [1.54, 1.807) is 0 Å². The van der Waals surface area contributed by atoms with E-state index in [2.05, 4.69) is 6.07 Å². The summed E-state index contributed by atoms with van der Waals surface area (Å²) in [5, 5.41) is 9.22. The Balaban J connectivity index is 1.90. The number of ketones is 1. The summed E-state index contributed by atoms with van der Waals surface area (Å²) in [5.41, 5.74) is 1.08. The first-order valence-electron chi connectivity index (χ1n) is 7.26. The molecular weight excluding hydrogens is 234 g/mol. The first-order valence-corrected chi connectivity index (χ1v) is 7.26. The molecule has 0 N–H and O–H groups in total. The van der Waals surface area contributed by atoms with Crippen LogP contribution in [0.25, 0.3) is 0 Å². The molecule has 2 rings (SSSR count). The minimum atomic E-state index is -0.468. The molecule has 0 bridgehead atoms. The van der Waals surface area contributed by atoms with Crippen molar-refractivity contribution < 1.29 is 4.79 Å². The van der Waals surface area contributed by atoms with Crippen LogP contribution in [0.5, 0.6) is 0 Å². The fraction of sp³-hybridized carbons (Fsp3) is 0.529. The summed E-state index contributed by atoms with van der Waals surface area (Å²) >= 11 is 0. The van der Waals surface area contributed by atoms with Gasteiger partial charge in [0.1, 0.15) is 5.92 Å². The molecule has 0 radical (unpaired) electrons. The maximum absolute atomic E-state index is 12.2. The number of rotatable bonds is 5. The lowest BCUT2D eigenvalue weighted by atomic mass is 9.82. The van der Waals surface area contributed by atoms with Crippen molar-refractivity contribution in [1.82, 2.24) is 0 Å². The SMILES string of the molecule is N#CC(Cc1ccccc1)C(=O)CC1CCCCC1. The van der Waals surface area contributed by atoms with Crippen molar-refractivity contribution in [3.63, 3.8) is 0 Å². The van der Waals surface area contributed by atoms with E-state index < -0.39 is 5.92 Å². The van der Waals surface area contributed by atoms with Crippen LogP contribution in [0.4, 0.5) is 0 Å². The van der Waals surface area contributed by atoms with E-state index in [9.17, 15) is 10.1 Å². The number of nitrogens with zero attached hydrogens (tertiary/aromatic N) is 1. The highest BCUT2D eigenvalue weighted by atomic mass is 16.1. The van der Waals surface area contributed by atoms with E-state index in [1.165, 1.54) is 19.3 Å². The van der Waals surface area contributed by atoms with E-state index in [1.807, 2.05) is 30.3 Å². The summed E-state index contributed by atoms with van der Waals surface area (Å²) in [6, 6.07) is 12.0. The molecule has 1 aromatic rings. The van der Waals surface area contributed by atoms with Crippen molar-refractivity contribution in [2.24, 2.45) is 11.8 Å². The van der Waals surface area contributed by atoms with Crippen LogP contribution in [0.2, 0.25) is 0 Å². The van der Waals surface area contributed by atoms with Crippen LogP contribution in [-0.4, -0.2) is 5.78 Å². The summed E-state index contributed by atoms with van der Waals surface area (Å²) in [6.07, 6.45) is 7.27. The van der Waals surface area contributed by atoms with Gasteiger partial charge in [0, 0.05) is 6.42 Å². The van der Waals surface area contributed by atoms with Crippen molar-refractivity contribution in [2.45, 2.75) is 44.9 Å². The third-order valence-corrected chi connectivity index (χ3v) is 4.04. The lowest BCUT2D eigenvalue weighted by Gasteiger charge is -2.21. The first kappa shape index (κ1) is 13.8. The average molecular weight is 255 g/mol. The Morgan fingerprint density at radius 3 is 2.53 bits per heavy atom. The van der Waals surface area contributed by atoms with Crippen LogP contribution < -0.4 is 0 Å². The highest BCUT2D eigenvalue weighted by Crippen LogP contribution is 2.27. The van der Waals surface area contributed by atoms with Crippen molar-refractivity contribution in [3.05, 3.63) is 35.9 Å². The van der Waals surface area contributed by atoms with Crippen LogP contribution >= 0.6 is 0 Å². The highest BCUT2D eigenvalue weighted by Gasteiger charge is 2.23. The molecule has 19 heavy (non-hydrogen) atoms. The topological polar surface area (TPSA) is 40.9 Å². The summed E-state index contributed by atoms with van der Waals surface area (Å²) in [4.78, 5) is 12.2. The molecule has 0 spiro atoms. The maximum atomic E-state index is 12.2. The van der Waals surface area contributed by atoms with Crippen molar-refractivity contribution >= 4 is 5.78 Å². The predicted molar refractivity (Wildman–Crippen MR) is 75.4 cm³/mol. The zero-order valence-corrected chi connectivity index (χ0v) is 11.3. The van der Waals surface area contributed by atoms with Crippen molar-refractivity contribution in [1.29, 1.82) is 5.26 Å². The lowest BCUT2D eigenvalue weighted by Crippen LogP contribution is -2.20. The molecule has 0 aromatic heterocycles. The van der Waals surface area contributed by atoms with Gasteiger partial charge >= 0.3 is 0 Å². The molecule has 2 heteroatoms. The average Bonchev–Trinajstić information content (AvgIpc) is 2.47. The van der Waals surface area contributed by atoms with Gasteiger partial charge in [0.2, 0.25) is 0 Å². The van der Waals surface area contributed by atoms with Crippen LogP contribution in [0.3, 0.4) is 0 Å². The van der Waals surface area contributed by atoms with Crippen molar-refractivity contribution in [2.75, 3.05) is 0 Å². The second kappa shape index (κ2) is 7.09. The Bertz CT molecular complexity index is 440. The van der Waals surface area contributed by atoms with E-state index in [0.29, 0.717) is 18.8 Å². The summed E-state index contributed by atoms with van der Waals surface area (Å²) in [7, 11) is 0. The molecular formula is C17H21NO. The van der Waals surface area contributed by atoms with Gasteiger partial charge in [0.15, 0.2) is 5.78 Å². The fourth-order valence-corrected chi connectivity index (χ4v) is 2.90. The molecule has 0 heterocycles. The Hall–Kier alpha value is -1.62. The minimum absolute atomic E-state index is 0.137. The number of carbonyl (C=O) groups is 1. The predicted octanol–water partition coefficient (Wildman–Crippen LogP) is 3.91. The van der Waals surface area contributed by atoms with Crippen molar-refractivity contribution in [3.8, 4) is 6.07 Å². The zero-order chi connectivity index (χ0) is 13.5. The molecule has 1 aromatic carbocycles. The Labute approximate surface area is 115 Å². The van der Waals surface area contributed by atoms with Gasteiger partial charge in [-0.2, -0.15) is 5.26 Å². The van der Waals surface area contributed by atoms with E-state index in [4.69, 9.17) is 0 Å². The second-order valence-electron chi connectivity index (χ2n) is 5.55. The van der Waals surface area contributed by atoms with Crippen LogP contribution in [0.15, 0.2) is 30.3 Å². The number of Topliss-reactive ketones (excluding diaryl/α,β-unsaturated/α-hetero) is 1. The molecule has 1 aliphatic carbocycles. The highest BCUT2D eigenvalue weighted by molar-refractivity contribution is 5.83. The quantitative estimate of drug-likeness (QED) is 0.800. The van der Waals surface area contributed by atoms with E-state index >= 15 is 0 Å². The molecule has 1 saturated carbocycles. The second-order valence-corrected chi connectivity index (χ2v) is 5.55. The van der Waals surface area contributed by atoms with Gasteiger partial charge in [0.05, 0.1) is 6.07 Å². The van der Waals surface area contributed by atoms with Gasteiger partial charge in [-0.05, 0) is 17.9 Å². The van der Waals surface area contributed by atoms with Crippen LogP contribution in [0, 0.1) is 23.2 Å². The Morgan fingerprint density at radius 1 is 1.21 bits per heavy atom. The van der Waals surface area contributed by atoms with Gasteiger partial charge < -0.3 is 0 Å². The summed E-state index contributed by atoms with van der Waals surface area (Å²) in [5.74, 6) is 0.190. The Morgan fingerprint density at radius 2 is 1.89 bits per heavy atom. The van der Waals surface area contributed by atoms with Gasteiger partial charge in [0.25, 0.3) is 0 Å². The van der Waals surface area contributed by atoms with Crippen LogP contribution in [-0.2, 0) is 11.2 Å². The molecule has 1 fully saturated rings. The number of nitriles is 1. The van der Waals surface area contributed by atoms with Gasteiger partial charge in [-0.25, -0.2) is 0 Å². The molecule has 100 valence electrons. The molecule has 2 nitrogen and oxygen atoms in total. The first-order chi connectivity index (χ1) is 9.29. The summed E-state index contributed by atoms with van der Waals surface area (Å²) < 4.78 is 0. The van der Waals surface area contributed by atoms with Crippen LogP contribution in [0.1, 0.15) is 44.1 Å². The number of carbonyl (C=O) groups excluding carboxylic acids is 1. The fourth-order valence-electron chi connectivity index (χ4n) is 2.90. The molecule has 1 aliphatic rings. The molecule has 0 aliphatic heterocycles. The Kier molecular flexibility index (Phi) is 5.15.